The number of carbonyl (C=O) groups excluding carboxylic acids is 2. The third kappa shape index (κ3) is 5.89. The summed E-state index contributed by atoms with van der Waals surface area (Å²) in [6.07, 6.45) is 9.87. The van der Waals surface area contributed by atoms with Gasteiger partial charge in [-0.25, -0.2) is 0 Å². The Balaban J connectivity index is 1.44. The van der Waals surface area contributed by atoms with Crippen LogP contribution in [0.5, 0.6) is 0 Å². The molecular formula is C33H53NO6. The lowest BCUT2D eigenvalue weighted by atomic mass is 9.45. The number of hydrogen-bond donors (Lipinski definition) is 1. The standard InChI is InChI=1S/C33H53NO6/c1-19(2)13-22-7-8-23-24(26(22)16-38-20(3)35)9-11-28-25(23)10-12-29-27-15-37-18-33(28,29)14-30(40-21(4)36)31(27)39-17-32(5,6)34/h11,19,22-27,29-31H,7-10,12-18,34H2,1-6H3/t22?,23?,24?,25?,26?,27?,29?,30-,31-,33-/m1/s1. The number of hydrogen-bond acceptors (Lipinski definition) is 7. The second-order valence-electron chi connectivity index (χ2n) is 14.9. The lowest BCUT2D eigenvalue weighted by molar-refractivity contribution is -0.226. The van der Waals surface area contributed by atoms with Crippen LogP contribution in [0.15, 0.2) is 11.6 Å². The first-order chi connectivity index (χ1) is 18.9. The second kappa shape index (κ2) is 11.7. The van der Waals surface area contributed by atoms with Crippen LogP contribution in [0.1, 0.15) is 86.5 Å². The van der Waals surface area contributed by atoms with Crippen LogP contribution in [-0.2, 0) is 28.5 Å². The van der Waals surface area contributed by atoms with E-state index in [4.69, 9.17) is 24.7 Å². The molecule has 5 rings (SSSR count). The highest BCUT2D eigenvalue weighted by Crippen LogP contribution is 2.65. The minimum absolute atomic E-state index is 0.102. The zero-order chi connectivity index (χ0) is 28.8. The Morgan fingerprint density at radius 3 is 2.55 bits per heavy atom. The first-order valence-electron chi connectivity index (χ1n) is 15.9. The normalized spacial score (nSPS) is 40.8. The van der Waals surface area contributed by atoms with E-state index in [9.17, 15) is 9.59 Å². The van der Waals surface area contributed by atoms with Crippen LogP contribution in [0.4, 0.5) is 0 Å². The number of carbonyl (C=O) groups is 2. The molecule has 7 heteroatoms. The maximum atomic E-state index is 12.3. The maximum Gasteiger partial charge on any atom is 0.302 e. The van der Waals surface area contributed by atoms with E-state index in [0.29, 0.717) is 67.9 Å². The smallest absolute Gasteiger partial charge is 0.302 e. The molecule has 10 atom stereocenters. The Labute approximate surface area is 241 Å². The fourth-order valence-electron chi connectivity index (χ4n) is 9.73. The molecule has 7 nitrogen and oxygen atoms in total. The van der Waals surface area contributed by atoms with Crippen molar-refractivity contribution in [3.63, 3.8) is 0 Å². The molecule has 7 unspecified atom stereocenters. The first-order valence-corrected chi connectivity index (χ1v) is 15.9. The summed E-state index contributed by atoms with van der Waals surface area (Å²) in [5, 5.41) is 0. The Morgan fingerprint density at radius 2 is 1.88 bits per heavy atom. The maximum absolute atomic E-state index is 12.3. The molecule has 0 aromatic heterocycles. The van der Waals surface area contributed by atoms with Gasteiger partial charge in [0.25, 0.3) is 0 Å². The van der Waals surface area contributed by atoms with E-state index in [2.05, 4.69) is 19.9 Å². The Hall–Kier alpha value is -1.44. The Morgan fingerprint density at radius 1 is 1.10 bits per heavy atom. The average Bonchev–Trinajstić information content (AvgIpc) is 2.85. The van der Waals surface area contributed by atoms with Crippen molar-refractivity contribution < 1.29 is 28.5 Å². The van der Waals surface area contributed by atoms with E-state index in [1.54, 1.807) is 5.57 Å². The van der Waals surface area contributed by atoms with Crippen LogP contribution >= 0.6 is 0 Å². The van der Waals surface area contributed by atoms with E-state index in [-0.39, 0.29) is 35.5 Å². The minimum Gasteiger partial charge on any atom is -0.466 e. The van der Waals surface area contributed by atoms with Crippen molar-refractivity contribution in [1.82, 2.24) is 0 Å². The van der Waals surface area contributed by atoms with Crippen LogP contribution < -0.4 is 5.73 Å². The number of rotatable bonds is 8. The third-order valence-corrected chi connectivity index (χ3v) is 10.9. The van der Waals surface area contributed by atoms with Gasteiger partial charge in [-0.15, -0.1) is 0 Å². The number of esters is 2. The van der Waals surface area contributed by atoms with Crippen molar-refractivity contribution in [2.75, 3.05) is 26.4 Å². The summed E-state index contributed by atoms with van der Waals surface area (Å²) in [7, 11) is 0. The SMILES string of the molecule is CC(=O)OCC1C(CC(C)C)CCC2C3CCC4C5COC[C@]4(C[C@@H](OC(C)=O)[C@@H]5OCC(C)(C)N)C3=CCC12. The van der Waals surface area contributed by atoms with Gasteiger partial charge in [0.05, 0.1) is 32.5 Å². The highest BCUT2D eigenvalue weighted by atomic mass is 16.6. The zero-order valence-corrected chi connectivity index (χ0v) is 25.7. The van der Waals surface area contributed by atoms with E-state index in [1.807, 2.05) is 13.8 Å². The fourth-order valence-corrected chi connectivity index (χ4v) is 9.73. The molecule has 0 spiro atoms. The summed E-state index contributed by atoms with van der Waals surface area (Å²) in [6, 6.07) is 0. The summed E-state index contributed by atoms with van der Waals surface area (Å²) in [6.45, 7) is 13.9. The van der Waals surface area contributed by atoms with Crippen molar-refractivity contribution in [1.29, 1.82) is 0 Å². The van der Waals surface area contributed by atoms with Gasteiger partial charge in [0.15, 0.2) is 0 Å². The predicted octanol–water partition coefficient (Wildman–Crippen LogP) is 5.30. The van der Waals surface area contributed by atoms with Crippen LogP contribution in [0.25, 0.3) is 0 Å². The fraction of sp³-hybridized carbons (Fsp3) is 0.879. The van der Waals surface area contributed by atoms with E-state index in [1.165, 1.54) is 39.5 Å². The van der Waals surface area contributed by atoms with Gasteiger partial charge in [-0.2, -0.15) is 0 Å². The monoisotopic (exact) mass is 559 g/mol. The summed E-state index contributed by atoms with van der Waals surface area (Å²) < 4.78 is 24.6. The van der Waals surface area contributed by atoms with Gasteiger partial charge in [-0.3, -0.25) is 9.59 Å². The number of allylic oxidation sites excluding steroid dienone is 1. The van der Waals surface area contributed by atoms with Crippen LogP contribution in [0.3, 0.4) is 0 Å². The van der Waals surface area contributed by atoms with Crippen molar-refractivity contribution in [2.45, 2.75) is 104 Å². The number of ether oxygens (including phenoxy) is 4. The largest absolute Gasteiger partial charge is 0.466 e. The molecule has 1 heterocycles. The van der Waals surface area contributed by atoms with Gasteiger partial charge in [-0.1, -0.05) is 25.5 Å². The molecule has 226 valence electrons. The Kier molecular flexibility index (Phi) is 8.77. The van der Waals surface area contributed by atoms with Gasteiger partial charge in [0.2, 0.25) is 0 Å². The van der Waals surface area contributed by atoms with Crippen molar-refractivity contribution in [3.8, 4) is 0 Å². The van der Waals surface area contributed by atoms with E-state index < -0.39 is 5.54 Å². The molecule has 4 fully saturated rings. The summed E-state index contributed by atoms with van der Waals surface area (Å²) >= 11 is 0. The predicted molar refractivity (Wildman–Crippen MR) is 153 cm³/mol. The highest BCUT2D eigenvalue weighted by molar-refractivity contribution is 5.66. The molecule has 1 saturated heterocycles. The summed E-state index contributed by atoms with van der Waals surface area (Å²) in [4.78, 5) is 24.1. The molecule has 1 aliphatic heterocycles. The summed E-state index contributed by atoms with van der Waals surface area (Å²) in [5.41, 5.74) is 7.30. The minimum atomic E-state index is -0.458. The molecule has 40 heavy (non-hydrogen) atoms. The van der Waals surface area contributed by atoms with Crippen LogP contribution in [-0.4, -0.2) is 56.1 Å². The third-order valence-electron chi connectivity index (χ3n) is 10.9. The van der Waals surface area contributed by atoms with Gasteiger partial charge < -0.3 is 24.7 Å². The summed E-state index contributed by atoms with van der Waals surface area (Å²) in [5.74, 6) is 3.59. The molecule has 5 aliphatic rings. The molecule has 0 aromatic rings. The van der Waals surface area contributed by atoms with Crippen LogP contribution in [0.2, 0.25) is 0 Å². The molecule has 0 amide bonds. The van der Waals surface area contributed by atoms with E-state index >= 15 is 0 Å². The molecular weight excluding hydrogens is 506 g/mol. The molecule has 2 bridgehead atoms. The number of fused-ring (bicyclic) bond motifs is 3. The van der Waals surface area contributed by atoms with Crippen LogP contribution in [0, 0.1) is 52.8 Å². The zero-order valence-electron chi connectivity index (χ0n) is 25.7. The molecule has 0 aromatic carbocycles. The lowest BCUT2D eigenvalue weighted by Gasteiger charge is -2.63. The molecule has 0 radical (unpaired) electrons. The lowest BCUT2D eigenvalue weighted by Crippen LogP contribution is -2.64. The number of nitrogens with two attached hydrogens (primary N) is 1. The van der Waals surface area contributed by atoms with Gasteiger partial charge >= 0.3 is 11.9 Å². The molecule has 2 N–H and O–H groups in total. The second-order valence-corrected chi connectivity index (χ2v) is 14.9. The molecule has 3 saturated carbocycles. The average molecular weight is 560 g/mol. The van der Waals surface area contributed by atoms with E-state index in [0.717, 1.165) is 19.3 Å². The van der Waals surface area contributed by atoms with Crippen molar-refractivity contribution in [2.24, 2.45) is 58.5 Å². The van der Waals surface area contributed by atoms with Crippen molar-refractivity contribution in [3.05, 3.63) is 11.6 Å². The van der Waals surface area contributed by atoms with Crippen molar-refractivity contribution >= 4 is 11.9 Å². The van der Waals surface area contributed by atoms with Gasteiger partial charge in [0.1, 0.15) is 6.10 Å². The topological polar surface area (TPSA) is 97.1 Å². The highest BCUT2D eigenvalue weighted by Gasteiger charge is 2.63. The Bertz CT molecular complexity index is 970. The van der Waals surface area contributed by atoms with Gasteiger partial charge in [-0.05, 0) is 100 Å². The quantitative estimate of drug-likeness (QED) is 0.318. The van der Waals surface area contributed by atoms with Gasteiger partial charge in [0, 0.05) is 30.7 Å². The first kappa shape index (κ1) is 30.0. The molecule has 4 aliphatic carbocycles.